The summed E-state index contributed by atoms with van der Waals surface area (Å²) < 4.78 is 3.75. The highest BCUT2D eigenvalue weighted by atomic mass is 32.1. The first-order chi connectivity index (χ1) is 36.2. The summed E-state index contributed by atoms with van der Waals surface area (Å²) in [4.78, 5) is 32.6. The Kier molecular flexibility index (Phi) is 15.7. The molecule has 2 aromatic carbocycles. The zero-order valence-electron chi connectivity index (χ0n) is 46.0. The molecule has 0 aliphatic rings. The Balaban J connectivity index is 1.43. The van der Waals surface area contributed by atoms with Crippen molar-refractivity contribution in [3.8, 4) is 34.4 Å². The molecule has 5 aromatic heterocycles. The van der Waals surface area contributed by atoms with Crippen LogP contribution in [0.2, 0.25) is 0 Å². The number of nitriles is 3. The number of nitrogens with zero attached hydrogens (tertiary/aromatic N) is 16. The van der Waals surface area contributed by atoms with Gasteiger partial charge in [-0.25, -0.2) is 4.98 Å². The fraction of sp³-hybridized carbons (Fsp3) is 0.382. The quantitative estimate of drug-likeness (QED) is 0.0805. The standard InChI is InChI=1S/C55H61N17O4S/c1-16-17-18-69-50(75)36(24-56)35(9)43(51(69)76)62-64-49-38(26-58)46(55(13,14)15)68-72(49)53-66-65-52(77-53)71-48(37(25-57)45(67-71)54(10,11)12)63-61-42-32(6)23-39(59-47(42)60-41-30(4)19-28(2)20-31(41)5)70(27-40(73)74)44-33(7)21-29(3)22-34(44)8/h19-23,76H,16-18,27H2,1-15H3,(H,59,60)(H,73,74). The molecule has 0 amide bonds. The molecule has 0 bridgehead atoms. The molecule has 0 atom stereocenters. The van der Waals surface area contributed by atoms with Crippen LogP contribution in [0.4, 0.5) is 46.0 Å². The molecule has 0 aliphatic carbocycles. The predicted octanol–water partition coefficient (Wildman–Crippen LogP) is 12.4. The highest BCUT2D eigenvalue weighted by Gasteiger charge is 2.33. The van der Waals surface area contributed by atoms with Gasteiger partial charge in [0.05, 0.1) is 11.4 Å². The zero-order chi connectivity index (χ0) is 56.6. The number of aromatic hydroxyl groups is 1. The van der Waals surface area contributed by atoms with Crippen molar-refractivity contribution >= 4 is 63.3 Å². The number of unbranched alkanes of at least 4 members (excludes halogenated alkanes) is 1. The van der Waals surface area contributed by atoms with Gasteiger partial charge in [-0.2, -0.15) is 35.3 Å². The SMILES string of the molecule is CCCCn1c(O)c(N=Nc2c(C#N)c(C(C)(C)C)nn2-c2nnc(-n3nc(C(C)(C)C)c(C#N)c3N=Nc3c(C)cc(N(CC(=O)O)c4c(C)cc(C)cc4C)nc3Nc3c(C)cc(C)cc3C)s2)c(C)c(C#N)c1=O. The second-order valence-corrected chi connectivity index (χ2v) is 22.1. The highest BCUT2D eigenvalue weighted by Crippen LogP contribution is 2.43. The number of azo groups is 2. The molecule has 77 heavy (non-hydrogen) atoms. The average molecular weight is 1060 g/mol. The van der Waals surface area contributed by atoms with Crippen LogP contribution in [0.5, 0.6) is 5.88 Å². The predicted molar refractivity (Wildman–Crippen MR) is 294 cm³/mol. The topological polar surface area (TPSA) is 290 Å². The number of hydrogen-bond donors (Lipinski definition) is 3. The van der Waals surface area contributed by atoms with E-state index in [1.165, 1.54) is 16.3 Å². The van der Waals surface area contributed by atoms with E-state index in [-0.39, 0.29) is 68.7 Å². The third-order valence-electron chi connectivity index (χ3n) is 12.7. The van der Waals surface area contributed by atoms with Crippen LogP contribution in [0, 0.1) is 89.4 Å². The highest BCUT2D eigenvalue weighted by molar-refractivity contribution is 7.16. The number of aromatic nitrogens is 8. The van der Waals surface area contributed by atoms with E-state index in [1.807, 2.05) is 127 Å². The van der Waals surface area contributed by atoms with Crippen molar-refractivity contribution in [3.63, 3.8) is 0 Å². The van der Waals surface area contributed by atoms with Crippen molar-refractivity contribution in [2.75, 3.05) is 16.8 Å². The van der Waals surface area contributed by atoms with Crippen LogP contribution in [0.1, 0.15) is 134 Å². The third kappa shape index (κ3) is 11.1. The molecule has 0 saturated heterocycles. The lowest BCUT2D eigenvalue weighted by atomic mass is 9.89. The van der Waals surface area contributed by atoms with Gasteiger partial charge in [0.1, 0.15) is 52.9 Å². The molecule has 396 valence electrons. The summed E-state index contributed by atoms with van der Waals surface area (Å²) in [6.45, 7) is 28.1. The number of carboxylic acid groups (broad SMARTS) is 1. The summed E-state index contributed by atoms with van der Waals surface area (Å²) in [6, 6.07) is 16.3. The molecular weight excluding hydrogens is 995 g/mol. The minimum absolute atomic E-state index is 0.0153. The van der Waals surface area contributed by atoms with Gasteiger partial charge in [0.2, 0.25) is 16.1 Å². The third-order valence-corrected chi connectivity index (χ3v) is 13.6. The smallest absolute Gasteiger partial charge is 0.323 e. The number of hydrogen-bond acceptors (Lipinski definition) is 18. The number of aliphatic carboxylic acids is 1. The van der Waals surface area contributed by atoms with Crippen molar-refractivity contribution < 1.29 is 15.0 Å². The van der Waals surface area contributed by atoms with Crippen molar-refractivity contribution in [1.82, 2.24) is 39.3 Å². The van der Waals surface area contributed by atoms with Gasteiger partial charge < -0.3 is 20.4 Å². The van der Waals surface area contributed by atoms with Crippen LogP contribution in [0.25, 0.3) is 10.3 Å². The first-order valence-electron chi connectivity index (χ1n) is 24.8. The molecular formula is C55H61N17O4S. The largest absolute Gasteiger partial charge is 0.493 e. The van der Waals surface area contributed by atoms with E-state index in [0.717, 1.165) is 55.0 Å². The molecule has 0 saturated carbocycles. The van der Waals surface area contributed by atoms with Crippen LogP contribution >= 0.6 is 11.3 Å². The van der Waals surface area contributed by atoms with E-state index in [1.54, 1.807) is 11.0 Å². The number of benzene rings is 2. The van der Waals surface area contributed by atoms with E-state index in [2.05, 4.69) is 37.9 Å². The second-order valence-electron chi connectivity index (χ2n) is 21.1. The average Bonchev–Trinajstić information content (AvgIpc) is 4.11. The van der Waals surface area contributed by atoms with Crippen LogP contribution in [-0.4, -0.2) is 62.0 Å². The van der Waals surface area contributed by atoms with Crippen LogP contribution in [0.3, 0.4) is 0 Å². The molecule has 0 radical (unpaired) electrons. The lowest BCUT2D eigenvalue weighted by Gasteiger charge is -2.27. The van der Waals surface area contributed by atoms with Crippen LogP contribution < -0.4 is 15.8 Å². The van der Waals surface area contributed by atoms with Gasteiger partial charge in [-0.15, -0.1) is 30.7 Å². The zero-order valence-corrected chi connectivity index (χ0v) is 46.8. The molecule has 7 aromatic rings. The number of nitrogens with one attached hydrogen (secondary N) is 1. The van der Waals surface area contributed by atoms with E-state index < -0.39 is 28.2 Å². The number of carboxylic acids is 1. The maximum Gasteiger partial charge on any atom is 0.323 e. The number of pyridine rings is 2. The Morgan fingerprint density at radius 1 is 0.714 bits per heavy atom. The van der Waals surface area contributed by atoms with Gasteiger partial charge in [0.25, 0.3) is 5.56 Å². The summed E-state index contributed by atoms with van der Waals surface area (Å²) in [6.07, 6.45) is 1.26. The molecule has 0 fully saturated rings. The molecule has 7 rings (SSSR count). The number of aryl methyl sites for hydroxylation is 7. The van der Waals surface area contributed by atoms with Crippen LogP contribution in [0.15, 0.2) is 55.6 Å². The Labute approximate surface area is 450 Å². The van der Waals surface area contributed by atoms with Crippen LogP contribution in [-0.2, 0) is 22.2 Å². The normalized spacial score (nSPS) is 11.8. The van der Waals surface area contributed by atoms with Crippen molar-refractivity contribution in [3.05, 3.63) is 113 Å². The Hall–Kier alpha value is -8.94. The minimum Gasteiger partial charge on any atom is -0.493 e. The first kappa shape index (κ1) is 55.8. The summed E-state index contributed by atoms with van der Waals surface area (Å²) >= 11 is 0.987. The summed E-state index contributed by atoms with van der Waals surface area (Å²) in [7, 11) is 0. The van der Waals surface area contributed by atoms with E-state index in [4.69, 9.17) is 25.4 Å². The first-order valence-corrected chi connectivity index (χ1v) is 25.6. The number of rotatable bonds is 15. The Morgan fingerprint density at radius 2 is 1.19 bits per heavy atom. The van der Waals surface area contributed by atoms with Crippen molar-refractivity contribution in [2.45, 2.75) is 134 Å². The molecule has 0 unspecified atom stereocenters. The van der Waals surface area contributed by atoms with E-state index >= 15 is 0 Å². The molecule has 21 nitrogen and oxygen atoms in total. The van der Waals surface area contributed by atoms with Gasteiger partial charge >= 0.3 is 5.97 Å². The monoisotopic (exact) mass is 1060 g/mol. The van der Waals surface area contributed by atoms with E-state index in [0.29, 0.717) is 47.0 Å². The van der Waals surface area contributed by atoms with E-state index in [9.17, 15) is 35.6 Å². The lowest BCUT2D eigenvalue weighted by molar-refractivity contribution is -0.135. The van der Waals surface area contributed by atoms with Gasteiger partial charge in [0, 0.05) is 34.3 Å². The Bertz CT molecular complexity index is 3720. The van der Waals surface area contributed by atoms with Gasteiger partial charge in [-0.05, 0) is 95.7 Å². The molecule has 0 aliphatic heterocycles. The maximum atomic E-state index is 13.2. The minimum atomic E-state index is -1.06. The summed E-state index contributed by atoms with van der Waals surface area (Å²) in [5, 5.41) is 94.0. The Morgan fingerprint density at radius 3 is 1.65 bits per heavy atom. The fourth-order valence-corrected chi connectivity index (χ4v) is 9.94. The van der Waals surface area contributed by atoms with Gasteiger partial charge in [-0.3, -0.25) is 14.2 Å². The van der Waals surface area contributed by atoms with Gasteiger partial charge in [0.15, 0.2) is 23.1 Å². The lowest BCUT2D eigenvalue weighted by Crippen LogP contribution is -2.27. The molecule has 22 heteroatoms. The fourth-order valence-electron chi connectivity index (χ4n) is 9.18. The van der Waals surface area contributed by atoms with Crippen molar-refractivity contribution in [2.24, 2.45) is 20.5 Å². The molecule has 0 spiro atoms. The second kappa shape index (κ2) is 21.7. The number of carbonyl (C=O) groups is 1. The van der Waals surface area contributed by atoms with Gasteiger partial charge in [-0.1, -0.05) is 102 Å². The maximum absolute atomic E-state index is 13.2. The molecule has 5 heterocycles. The number of anilines is 4. The van der Waals surface area contributed by atoms with Crippen molar-refractivity contribution in [1.29, 1.82) is 15.8 Å². The molecule has 3 N–H and O–H groups in total. The summed E-state index contributed by atoms with van der Waals surface area (Å²) in [5.41, 5.74) is 6.68. The summed E-state index contributed by atoms with van der Waals surface area (Å²) in [5.74, 6) is -0.974.